The van der Waals surface area contributed by atoms with Crippen molar-refractivity contribution < 1.29 is 4.39 Å². The summed E-state index contributed by atoms with van der Waals surface area (Å²) >= 11 is 0. The monoisotopic (exact) mass is 242 g/mol. The van der Waals surface area contributed by atoms with Crippen molar-refractivity contribution in [2.24, 2.45) is 7.05 Å². The fourth-order valence-corrected chi connectivity index (χ4v) is 1.85. The standard InChI is InChI=1S/C13H11FN4/c1-17-13(5-7-15-17)12-6-8-18(16-12)11-4-2-3-10(14)9-11/h2-9H,1H3. The van der Waals surface area contributed by atoms with Crippen molar-refractivity contribution in [2.45, 2.75) is 0 Å². The van der Waals surface area contributed by atoms with Gasteiger partial charge in [-0.15, -0.1) is 0 Å². The predicted molar refractivity (Wildman–Crippen MR) is 65.7 cm³/mol. The summed E-state index contributed by atoms with van der Waals surface area (Å²) < 4.78 is 16.5. The van der Waals surface area contributed by atoms with Crippen LogP contribution in [-0.2, 0) is 7.05 Å². The van der Waals surface area contributed by atoms with Crippen LogP contribution in [0.2, 0.25) is 0 Å². The van der Waals surface area contributed by atoms with Gasteiger partial charge in [-0.2, -0.15) is 10.2 Å². The molecule has 2 aromatic heterocycles. The Labute approximate surface area is 103 Å². The Balaban J connectivity index is 2.02. The molecule has 0 aliphatic carbocycles. The third-order valence-electron chi connectivity index (χ3n) is 2.75. The first kappa shape index (κ1) is 10.7. The molecule has 18 heavy (non-hydrogen) atoms. The second kappa shape index (κ2) is 4.10. The van der Waals surface area contributed by atoms with E-state index in [1.54, 1.807) is 27.8 Å². The predicted octanol–water partition coefficient (Wildman–Crippen LogP) is 2.41. The normalized spacial score (nSPS) is 10.8. The van der Waals surface area contributed by atoms with E-state index in [-0.39, 0.29) is 5.82 Å². The van der Waals surface area contributed by atoms with Crippen molar-refractivity contribution in [2.75, 3.05) is 0 Å². The molecule has 5 heteroatoms. The molecule has 0 bridgehead atoms. The van der Waals surface area contributed by atoms with Crippen LogP contribution in [0.5, 0.6) is 0 Å². The number of hydrogen-bond donors (Lipinski definition) is 0. The number of aromatic nitrogens is 4. The SMILES string of the molecule is Cn1nccc1-c1ccn(-c2cccc(F)c2)n1. The summed E-state index contributed by atoms with van der Waals surface area (Å²) in [5, 5.41) is 8.51. The lowest BCUT2D eigenvalue weighted by Gasteiger charge is -2.01. The maximum atomic E-state index is 13.1. The fourth-order valence-electron chi connectivity index (χ4n) is 1.85. The van der Waals surface area contributed by atoms with E-state index in [4.69, 9.17) is 0 Å². The molecule has 3 rings (SSSR count). The molecule has 0 amide bonds. The highest BCUT2D eigenvalue weighted by atomic mass is 19.1. The molecule has 4 nitrogen and oxygen atoms in total. The Bertz CT molecular complexity index is 684. The zero-order valence-corrected chi connectivity index (χ0v) is 9.79. The van der Waals surface area contributed by atoms with Gasteiger partial charge in [0.05, 0.1) is 11.4 Å². The molecule has 2 heterocycles. The third kappa shape index (κ3) is 1.79. The second-order valence-corrected chi connectivity index (χ2v) is 3.97. The number of benzene rings is 1. The van der Waals surface area contributed by atoms with E-state index in [0.717, 1.165) is 11.4 Å². The minimum atomic E-state index is -0.273. The highest BCUT2D eigenvalue weighted by Gasteiger charge is 2.07. The van der Waals surface area contributed by atoms with Crippen molar-refractivity contribution in [1.29, 1.82) is 0 Å². The first-order valence-electron chi connectivity index (χ1n) is 5.54. The van der Waals surface area contributed by atoms with Gasteiger partial charge in [0.2, 0.25) is 0 Å². The molecule has 0 aliphatic heterocycles. The lowest BCUT2D eigenvalue weighted by Crippen LogP contribution is -1.97. The minimum Gasteiger partial charge on any atom is -0.266 e. The van der Waals surface area contributed by atoms with E-state index in [0.29, 0.717) is 5.69 Å². The molecule has 0 unspecified atom stereocenters. The van der Waals surface area contributed by atoms with E-state index >= 15 is 0 Å². The zero-order chi connectivity index (χ0) is 12.5. The van der Waals surface area contributed by atoms with Crippen LogP contribution in [0.3, 0.4) is 0 Å². The van der Waals surface area contributed by atoms with Crippen LogP contribution in [0.1, 0.15) is 0 Å². The molecule has 0 saturated heterocycles. The van der Waals surface area contributed by atoms with E-state index in [2.05, 4.69) is 10.2 Å². The van der Waals surface area contributed by atoms with Gasteiger partial charge in [-0.3, -0.25) is 4.68 Å². The van der Waals surface area contributed by atoms with E-state index in [1.165, 1.54) is 12.1 Å². The van der Waals surface area contributed by atoms with E-state index < -0.39 is 0 Å². The topological polar surface area (TPSA) is 35.6 Å². The van der Waals surface area contributed by atoms with Crippen molar-refractivity contribution in [3.63, 3.8) is 0 Å². The van der Waals surface area contributed by atoms with E-state index in [1.807, 2.05) is 25.2 Å². The average Bonchev–Trinajstić information content (AvgIpc) is 2.97. The van der Waals surface area contributed by atoms with Gasteiger partial charge in [-0.05, 0) is 30.3 Å². The van der Waals surface area contributed by atoms with Gasteiger partial charge in [-0.1, -0.05) is 6.07 Å². The van der Waals surface area contributed by atoms with Gasteiger partial charge in [0.25, 0.3) is 0 Å². The van der Waals surface area contributed by atoms with Gasteiger partial charge in [0.15, 0.2) is 0 Å². The van der Waals surface area contributed by atoms with Gasteiger partial charge < -0.3 is 0 Å². The summed E-state index contributed by atoms with van der Waals surface area (Å²) in [5.74, 6) is -0.273. The van der Waals surface area contributed by atoms with Gasteiger partial charge in [0.1, 0.15) is 11.5 Å². The molecule has 0 spiro atoms. The van der Waals surface area contributed by atoms with Crippen molar-refractivity contribution in [1.82, 2.24) is 19.6 Å². The molecule has 0 fully saturated rings. The summed E-state index contributed by atoms with van der Waals surface area (Å²) in [4.78, 5) is 0. The number of rotatable bonds is 2. The first-order chi connectivity index (χ1) is 8.74. The summed E-state index contributed by atoms with van der Waals surface area (Å²) in [6.07, 6.45) is 3.52. The maximum absolute atomic E-state index is 13.1. The molecule has 90 valence electrons. The molecular weight excluding hydrogens is 231 g/mol. The molecule has 0 aliphatic rings. The minimum absolute atomic E-state index is 0.273. The molecular formula is C13H11FN4. The van der Waals surface area contributed by atoms with E-state index in [9.17, 15) is 4.39 Å². The Kier molecular flexibility index (Phi) is 2.44. The number of aryl methyl sites for hydroxylation is 1. The summed E-state index contributed by atoms with van der Waals surface area (Å²) in [7, 11) is 1.86. The quantitative estimate of drug-likeness (QED) is 0.691. The highest BCUT2D eigenvalue weighted by molar-refractivity contribution is 5.53. The average molecular weight is 242 g/mol. The van der Waals surface area contributed by atoms with Crippen LogP contribution in [0.25, 0.3) is 17.1 Å². The van der Waals surface area contributed by atoms with Gasteiger partial charge >= 0.3 is 0 Å². The van der Waals surface area contributed by atoms with Crippen LogP contribution in [-0.4, -0.2) is 19.6 Å². The summed E-state index contributed by atoms with van der Waals surface area (Å²) in [6, 6.07) is 10.1. The lowest BCUT2D eigenvalue weighted by atomic mass is 10.3. The maximum Gasteiger partial charge on any atom is 0.125 e. The van der Waals surface area contributed by atoms with Crippen molar-refractivity contribution in [3.8, 4) is 17.1 Å². The van der Waals surface area contributed by atoms with Crippen LogP contribution in [0.4, 0.5) is 4.39 Å². The molecule has 0 atom stereocenters. The molecule has 0 N–H and O–H groups in total. The first-order valence-corrected chi connectivity index (χ1v) is 5.54. The summed E-state index contributed by atoms with van der Waals surface area (Å²) in [5.41, 5.74) is 2.42. The third-order valence-corrected chi connectivity index (χ3v) is 2.75. The Hall–Kier alpha value is -2.43. The van der Waals surface area contributed by atoms with Crippen LogP contribution < -0.4 is 0 Å². The number of halogens is 1. The number of nitrogens with zero attached hydrogens (tertiary/aromatic N) is 4. The fraction of sp³-hybridized carbons (Fsp3) is 0.0769. The van der Waals surface area contributed by atoms with Crippen LogP contribution in [0.15, 0.2) is 48.8 Å². The number of hydrogen-bond acceptors (Lipinski definition) is 2. The Morgan fingerprint density at radius 2 is 2.06 bits per heavy atom. The molecule has 0 radical (unpaired) electrons. The second-order valence-electron chi connectivity index (χ2n) is 3.97. The van der Waals surface area contributed by atoms with Crippen molar-refractivity contribution in [3.05, 3.63) is 54.6 Å². The largest absolute Gasteiger partial charge is 0.266 e. The smallest absolute Gasteiger partial charge is 0.125 e. The molecule has 1 aromatic carbocycles. The van der Waals surface area contributed by atoms with Gasteiger partial charge in [0, 0.05) is 19.4 Å². The molecule has 0 saturated carbocycles. The van der Waals surface area contributed by atoms with Gasteiger partial charge in [-0.25, -0.2) is 9.07 Å². The van der Waals surface area contributed by atoms with Crippen molar-refractivity contribution >= 4 is 0 Å². The highest BCUT2D eigenvalue weighted by Crippen LogP contribution is 2.17. The Morgan fingerprint density at radius 1 is 1.17 bits per heavy atom. The van der Waals surface area contributed by atoms with Crippen LogP contribution >= 0.6 is 0 Å². The summed E-state index contributed by atoms with van der Waals surface area (Å²) in [6.45, 7) is 0. The molecule has 3 aromatic rings. The Morgan fingerprint density at radius 3 is 2.78 bits per heavy atom. The lowest BCUT2D eigenvalue weighted by molar-refractivity contribution is 0.625. The zero-order valence-electron chi connectivity index (χ0n) is 9.79. The van der Waals surface area contributed by atoms with Crippen LogP contribution in [0, 0.1) is 5.82 Å².